The largest absolute Gasteiger partial charge is 0.489 e. The zero-order valence-electron chi connectivity index (χ0n) is 15.7. The van der Waals surface area contributed by atoms with Crippen LogP contribution < -0.4 is 10.2 Å². The third-order valence-electron chi connectivity index (χ3n) is 4.13. The van der Waals surface area contributed by atoms with Gasteiger partial charge in [0.05, 0.1) is 11.1 Å². The molecule has 146 valence electrons. The summed E-state index contributed by atoms with van der Waals surface area (Å²) in [5, 5.41) is 14.6. The van der Waals surface area contributed by atoms with E-state index >= 15 is 0 Å². The number of benzene rings is 3. The van der Waals surface area contributed by atoms with E-state index in [0.29, 0.717) is 17.9 Å². The summed E-state index contributed by atoms with van der Waals surface area (Å²) in [5.41, 5.74) is 5.80. The quantitative estimate of drug-likeness (QED) is 0.371. The average molecular weight is 389 g/mol. The van der Waals surface area contributed by atoms with E-state index in [1.165, 1.54) is 12.1 Å². The molecule has 0 radical (unpaired) electrons. The highest BCUT2D eigenvalue weighted by molar-refractivity contribution is 5.94. The third-order valence-corrected chi connectivity index (χ3v) is 4.13. The standard InChI is InChI=1S/C22H19N3O4/c1-16-2-8-19(9-3-16)22(26)24-23-14-17-6-12-21(13-7-17)29-15-18-4-10-20(11-5-18)25(27)28/h2-14H,15H2,1H3,(H,24,26)/b23-14-. The van der Waals surface area contributed by atoms with Gasteiger partial charge < -0.3 is 4.74 Å². The first-order valence-electron chi connectivity index (χ1n) is 8.87. The molecule has 0 saturated heterocycles. The van der Waals surface area contributed by atoms with Gasteiger partial charge >= 0.3 is 0 Å². The van der Waals surface area contributed by atoms with Crippen LogP contribution in [0.5, 0.6) is 5.75 Å². The van der Waals surface area contributed by atoms with Crippen molar-refractivity contribution in [3.05, 3.63) is 105 Å². The predicted octanol–water partition coefficient (Wildman–Crippen LogP) is 4.25. The van der Waals surface area contributed by atoms with Gasteiger partial charge in [0.1, 0.15) is 12.4 Å². The van der Waals surface area contributed by atoms with E-state index in [2.05, 4.69) is 10.5 Å². The average Bonchev–Trinajstić information content (AvgIpc) is 2.74. The minimum absolute atomic E-state index is 0.0480. The first kappa shape index (κ1) is 19.8. The van der Waals surface area contributed by atoms with Crippen LogP contribution in [0.25, 0.3) is 0 Å². The Morgan fingerprint density at radius 3 is 2.31 bits per heavy atom. The maximum absolute atomic E-state index is 12.0. The normalized spacial score (nSPS) is 10.7. The minimum atomic E-state index is -0.436. The van der Waals surface area contributed by atoms with Crippen molar-refractivity contribution in [1.29, 1.82) is 0 Å². The number of aryl methyl sites for hydroxylation is 1. The number of non-ortho nitro benzene ring substituents is 1. The van der Waals surface area contributed by atoms with E-state index in [-0.39, 0.29) is 11.6 Å². The Morgan fingerprint density at radius 2 is 1.69 bits per heavy atom. The molecular formula is C22H19N3O4. The van der Waals surface area contributed by atoms with Crippen LogP contribution in [-0.4, -0.2) is 17.0 Å². The third kappa shape index (κ3) is 5.74. The van der Waals surface area contributed by atoms with Gasteiger partial charge in [-0.05, 0) is 66.6 Å². The van der Waals surface area contributed by atoms with Crippen molar-refractivity contribution >= 4 is 17.8 Å². The van der Waals surface area contributed by atoms with Crippen molar-refractivity contribution in [2.75, 3.05) is 0 Å². The van der Waals surface area contributed by atoms with E-state index in [1.54, 1.807) is 42.6 Å². The summed E-state index contributed by atoms with van der Waals surface area (Å²) >= 11 is 0. The zero-order valence-corrected chi connectivity index (χ0v) is 15.7. The summed E-state index contributed by atoms with van der Waals surface area (Å²) in [6.07, 6.45) is 1.55. The molecule has 29 heavy (non-hydrogen) atoms. The Morgan fingerprint density at radius 1 is 1.03 bits per heavy atom. The van der Waals surface area contributed by atoms with Gasteiger partial charge in [-0.15, -0.1) is 0 Å². The molecule has 1 amide bonds. The predicted molar refractivity (Wildman–Crippen MR) is 110 cm³/mol. The second-order valence-electron chi connectivity index (χ2n) is 6.35. The molecule has 0 unspecified atom stereocenters. The maximum atomic E-state index is 12.0. The summed E-state index contributed by atoms with van der Waals surface area (Å²) in [6, 6.07) is 20.6. The molecule has 7 nitrogen and oxygen atoms in total. The molecule has 3 aromatic rings. The van der Waals surface area contributed by atoms with Crippen molar-refractivity contribution in [2.45, 2.75) is 13.5 Å². The second kappa shape index (κ2) is 9.27. The van der Waals surface area contributed by atoms with Gasteiger partial charge in [0.25, 0.3) is 11.6 Å². The molecule has 3 aromatic carbocycles. The van der Waals surface area contributed by atoms with Gasteiger partial charge in [-0.2, -0.15) is 5.10 Å². The van der Waals surface area contributed by atoms with Crippen LogP contribution in [0, 0.1) is 17.0 Å². The Hall–Kier alpha value is -4.00. The number of nitro benzene ring substituents is 1. The lowest BCUT2D eigenvalue weighted by Gasteiger charge is -2.06. The van der Waals surface area contributed by atoms with Gasteiger partial charge in [-0.1, -0.05) is 17.7 Å². The number of rotatable bonds is 7. The van der Waals surface area contributed by atoms with Crippen molar-refractivity contribution in [3.63, 3.8) is 0 Å². The highest BCUT2D eigenvalue weighted by atomic mass is 16.6. The first-order chi connectivity index (χ1) is 14.0. The number of ether oxygens (including phenoxy) is 1. The second-order valence-corrected chi connectivity index (χ2v) is 6.35. The fourth-order valence-electron chi connectivity index (χ4n) is 2.47. The van der Waals surface area contributed by atoms with Gasteiger partial charge in [0.2, 0.25) is 0 Å². The zero-order chi connectivity index (χ0) is 20.6. The SMILES string of the molecule is Cc1ccc(C(=O)N/N=C\c2ccc(OCc3ccc([N+](=O)[O-])cc3)cc2)cc1. The summed E-state index contributed by atoms with van der Waals surface area (Å²) in [6.45, 7) is 2.26. The minimum Gasteiger partial charge on any atom is -0.489 e. The Kier molecular flexibility index (Phi) is 6.32. The number of hydrogen-bond donors (Lipinski definition) is 1. The molecule has 0 saturated carbocycles. The summed E-state index contributed by atoms with van der Waals surface area (Å²) in [5.74, 6) is 0.383. The Balaban J connectivity index is 1.50. The van der Waals surface area contributed by atoms with Crippen LogP contribution in [0.2, 0.25) is 0 Å². The molecule has 7 heteroatoms. The lowest BCUT2D eigenvalue weighted by atomic mass is 10.1. The number of nitrogens with one attached hydrogen (secondary N) is 1. The summed E-state index contributed by atoms with van der Waals surface area (Å²) in [7, 11) is 0. The molecule has 0 spiro atoms. The molecule has 0 aromatic heterocycles. The fourth-order valence-corrected chi connectivity index (χ4v) is 2.47. The molecule has 0 fully saturated rings. The smallest absolute Gasteiger partial charge is 0.271 e. The van der Waals surface area contributed by atoms with Crippen LogP contribution >= 0.6 is 0 Å². The molecule has 0 aliphatic rings. The van der Waals surface area contributed by atoms with Gasteiger partial charge in [-0.3, -0.25) is 14.9 Å². The topological polar surface area (TPSA) is 93.8 Å². The molecule has 0 heterocycles. The molecule has 0 bridgehead atoms. The Labute approximate surface area is 167 Å². The van der Waals surface area contributed by atoms with E-state index in [9.17, 15) is 14.9 Å². The summed E-state index contributed by atoms with van der Waals surface area (Å²) < 4.78 is 5.67. The molecule has 0 aliphatic heterocycles. The number of hydrogen-bond acceptors (Lipinski definition) is 5. The first-order valence-corrected chi connectivity index (χ1v) is 8.87. The number of carbonyl (C=O) groups excluding carboxylic acids is 1. The highest BCUT2D eigenvalue weighted by Gasteiger charge is 2.05. The van der Waals surface area contributed by atoms with Crippen molar-refractivity contribution in [3.8, 4) is 5.75 Å². The lowest BCUT2D eigenvalue weighted by Crippen LogP contribution is -2.17. The van der Waals surface area contributed by atoms with E-state index < -0.39 is 4.92 Å². The van der Waals surface area contributed by atoms with E-state index in [0.717, 1.165) is 16.7 Å². The van der Waals surface area contributed by atoms with Crippen LogP contribution in [-0.2, 0) is 6.61 Å². The lowest BCUT2D eigenvalue weighted by molar-refractivity contribution is -0.384. The van der Waals surface area contributed by atoms with Gasteiger partial charge in [0.15, 0.2) is 0 Å². The van der Waals surface area contributed by atoms with E-state index in [1.807, 2.05) is 31.2 Å². The highest BCUT2D eigenvalue weighted by Crippen LogP contribution is 2.16. The molecule has 3 rings (SSSR count). The monoisotopic (exact) mass is 389 g/mol. The van der Waals surface area contributed by atoms with E-state index in [4.69, 9.17) is 4.74 Å². The van der Waals surface area contributed by atoms with Crippen molar-refractivity contribution in [2.24, 2.45) is 5.10 Å². The van der Waals surface area contributed by atoms with Crippen molar-refractivity contribution in [1.82, 2.24) is 5.43 Å². The number of hydrazone groups is 1. The number of nitro groups is 1. The maximum Gasteiger partial charge on any atom is 0.271 e. The van der Waals surface area contributed by atoms with Crippen LogP contribution in [0.3, 0.4) is 0 Å². The van der Waals surface area contributed by atoms with Crippen LogP contribution in [0.15, 0.2) is 77.9 Å². The fraction of sp³-hybridized carbons (Fsp3) is 0.0909. The number of nitrogens with zero attached hydrogens (tertiary/aromatic N) is 2. The van der Waals surface area contributed by atoms with Crippen LogP contribution in [0.1, 0.15) is 27.0 Å². The number of amides is 1. The molecular weight excluding hydrogens is 370 g/mol. The van der Waals surface area contributed by atoms with Gasteiger partial charge in [-0.25, -0.2) is 5.43 Å². The van der Waals surface area contributed by atoms with Crippen LogP contribution in [0.4, 0.5) is 5.69 Å². The van der Waals surface area contributed by atoms with Crippen molar-refractivity contribution < 1.29 is 14.5 Å². The van der Waals surface area contributed by atoms with Gasteiger partial charge in [0, 0.05) is 17.7 Å². The molecule has 1 N–H and O–H groups in total. The summed E-state index contributed by atoms with van der Waals surface area (Å²) in [4.78, 5) is 22.2. The molecule has 0 aliphatic carbocycles. The Bertz CT molecular complexity index is 1010. The number of carbonyl (C=O) groups is 1. The molecule has 0 atom stereocenters.